The summed E-state index contributed by atoms with van der Waals surface area (Å²) in [5.74, 6) is 0.789. The zero-order valence-corrected chi connectivity index (χ0v) is 14.7. The summed E-state index contributed by atoms with van der Waals surface area (Å²) < 4.78 is 5.88. The normalized spacial score (nSPS) is 18.9. The molecule has 0 unspecified atom stereocenters. The molecule has 1 heterocycles. The molecule has 0 atom stereocenters. The van der Waals surface area contributed by atoms with E-state index in [1.54, 1.807) is 0 Å². The second-order valence-corrected chi connectivity index (χ2v) is 10.7. The third-order valence-electron chi connectivity index (χ3n) is 3.86. The van der Waals surface area contributed by atoms with Crippen molar-refractivity contribution in [2.75, 3.05) is 51.8 Å². The average Bonchev–Trinajstić information content (AvgIpc) is 2.37. The van der Waals surface area contributed by atoms with Crippen LogP contribution in [0.3, 0.4) is 0 Å². The molecular formula is C14H31ClN2OSi. The van der Waals surface area contributed by atoms with Crippen LogP contribution in [-0.4, -0.2) is 69.9 Å². The maximum atomic E-state index is 5.88. The highest BCUT2D eigenvalue weighted by Crippen LogP contribution is 2.14. The van der Waals surface area contributed by atoms with Gasteiger partial charge in [-0.2, -0.15) is 0 Å². The fourth-order valence-corrected chi connectivity index (χ4v) is 4.77. The van der Waals surface area contributed by atoms with Gasteiger partial charge in [0.2, 0.25) is 0 Å². The summed E-state index contributed by atoms with van der Waals surface area (Å²) in [5, 5.41) is 0. The monoisotopic (exact) mass is 306 g/mol. The zero-order valence-electron chi connectivity index (χ0n) is 13.0. The quantitative estimate of drug-likeness (QED) is 0.481. The predicted octanol–water partition coefficient (Wildman–Crippen LogP) is 2.86. The zero-order chi connectivity index (χ0) is 14.1. The van der Waals surface area contributed by atoms with Gasteiger partial charge >= 0.3 is 0 Å². The Kier molecular flexibility index (Phi) is 8.58. The Morgan fingerprint density at radius 1 is 1.00 bits per heavy atom. The van der Waals surface area contributed by atoms with Gasteiger partial charge in [0.1, 0.15) is 0 Å². The SMILES string of the molecule is CCO[Si](C)(C)CCCN1CCN(CCCCl)CC1. The Balaban J connectivity index is 2.09. The summed E-state index contributed by atoms with van der Waals surface area (Å²) in [6, 6.07) is 1.29. The lowest BCUT2D eigenvalue weighted by Crippen LogP contribution is -2.47. The van der Waals surface area contributed by atoms with Gasteiger partial charge < -0.3 is 14.2 Å². The highest BCUT2D eigenvalue weighted by atomic mass is 35.5. The van der Waals surface area contributed by atoms with Gasteiger partial charge in [0.15, 0.2) is 8.32 Å². The molecule has 1 aliphatic rings. The minimum Gasteiger partial charge on any atom is -0.418 e. The van der Waals surface area contributed by atoms with E-state index in [0.29, 0.717) is 0 Å². The molecule has 1 saturated heterocycles. The molecule has 19 heavy (non-hydrogen) atoms. The summed E-state index contributed by atoms with van der Waals surface area (Å²) >= 11 is 5.74. The number of rotatable bonds is 9. The Bertz CT molecular complexity index is 233. The standard InChI is InChI=1S/C14H31ClN2OSi/c1-4-18-19(2,3)14-6-9-17-12-10-16(11-13-17)8-5-7-15/h4-14H2,1-3H3. The van der Waals surface area contributed by atoms with E-state index in [1.807, 2.05) is 0 Å². The predicted molar refractivity (Wildman–Crippen MR) is 86.7 cm³/mol. The summed E-state index contributed by atoms with van der Waals surface area (Å²) in [4.78, 5) is 5.14. The number of hydrogen-bond donors (Lipinski definition) is 0. The molecular weight excluding hydrogens is 276 g/mol. The van der Waals surface area contributed by atoms with Gasteiger partial charge in [-0.15, -0.1) is 11.6 Å². The van der Waals surface area contributed by atoms with E-state index < -0.39 is 8.32 Å². The first-order chi connectivity index (χ1) is 9.07. The number of nitrogens with zero attached hydrogens (tertiary/aromatic N) is 2. The number of piperazine rings is 1. The van der Waals surface area contributed by atoms with Gasteiger partial charge in [-0.25, -0.2) is 0 Å². The van der Waals surface area contributed by atoms with Crippen LogP contribution in [0.15, 0.2) is 0 Å². The number of hydrogen-bond acceptors (Lipinski definition) is 3. The maximum Gasteiger partial charge on any atom is 0.186 e. The van der Waals surface area contributed by atoms with E-state index in [9.17, 15) is 0 Å². The van der Waals surface area contributed by atoms with Crippen LogP contribution in [0, 0.1) is 0 Å². The highest BCUT2D eigenvalue weighted by Gasteiger charge is 2.22. The van der Waals surface area contributed by atoms with Gasteiger partial charge in [-0.05, 0) is 52.0 Å². The molecule has 114 valence electrons. The molecule has 1 fully saturated rings. The summed E-state index contributed by atoms with van der Waals surface area (Å²) in [6.07, 6.45) is 2.41. The first kappa shape index (κ1) is 17.4. The highest BCUT2D eigenvalue weighted by molar-refractivity contribution is 6.71. The van der Waals surface area contributed by atoms with Gasteiger partial charge in [-0.3, -0.25) is 0 Å². The Hall–Kier alpha value is 0.387. The summed E-state index contributed by atoms with van der Waals surface area (Å²) in [7, 11) is -1.37. The van der Waals surface area contributed by atoms with Crippen molar-refractivity contribution in [2.45, 2.75) is 38.9 Å². The average molecular weight is 307 g/mol. The van der Waals surface area contributed by atoms with Crippen molar-refractivity contribution in [3.05, 3.63) is 0 Å². The topological polar surface area (TPSA) is 15.7 Å². The van der Waals surface area contributed by atoms with E-state index in [-0.39, 0.29) is 0 Å². The molecule has 0 aromatic heterocycles. The van der Waals surface area contributed by atoms with Crippen molar-refractivity contribution in [2.24, 2.45) is 0 Å². The van der Waals surface area contributed by atoms with Gasteiger partial charge in [0, 0.05) is 38.7 Å². The summed E-state index contributed by atoms with van der Waals surface area (Å²) in [6.45, 7) is 14.9. The smallest absolute Gasteiger partial charge is 0.186 e. The third kappa shape index (κ3) is 7.66. The molecule has 0 saturated carbocycles. The number of halogens is 1. The van der Waals surface area contributed by atoms with Crippen molar-refractivity contribution in [3.63, 3.8) is 0 Å². The van der Waals surface area contributed by atoms with Crippen molar-refractivity contribution in [1.82, 2.24) is 9.80 Å². The van der Waals surface area contributed by atoms with Crippen LogP contribution in [0.4, 0.5) is 0 Å². The van der Waals surface area contributed by atoms with Crippen molar-refractivity contribution in [1.29, 1.82) is 0 Å². The van der Waals surface area contributed by atoms with Crippen LogP contribution < -0.4 is 0 Å². The van der Waals surface area contributed by atoms with E-state index >= 15 is 0 Å². The van der Waals surface area contributed by atoms with Crippen molar-refractivity contribution >= 4 is 19.9 Å². The molecule has 0 aromatic carbocycles. The molecule has 0 N–H and O–H groups in total. The first-order valence-corrected chi connectivity index (χ1v) is 11.4. The number of alkyl halides is 1. The summed E-state index contributed by atoms with van der Waals surface area (Å²) in [5.41, 5.74) is 0. The lowest BCUT2D eigenvalue weighted by molar-refractivity contribution is 0.132. The first-order valence-electron chi connectivity index (χ1n) is 7.72. The van der Waals surface area contributed by atoms with Crippen molar-refractivity contribution in [3.8, 4) is 0 Å². The molecule has 0 aromatic rings. The Morgan fingerprint density at radius 3 is 2.00 bits per heavy atom. The lowest BCUT2D eigenvalue weighted by Gasteiger charge is -2.35. The fourth-order valence-electron chi connectivity index (χ4n) is 2.71. The van der Waals surface area contributed by atoms with E-state index in [1.165, 1.54) is 51.7 Å². The molecule has 1 aliphatic heterocycles. The molecule has 5 heteroatoms. The Labute approximate surface area is 125 Å². The second-order valence-electron chi connectivity index (χ2n) is 6.02. The molecule has 0 amide bonds. The Morgan fingerprint density at radius 2 is 1.53 bits per heavy atom. The molecule has 0 radical (unpaired) electrons. The molecule has 1 rings (SSSR count). The third-order valence-corrected chi connectivity index (χ3v) is 6.76. The molecule has 0 aliphatic carbocycles. The largest absolute Gasteiger partial charge is 0.418 e. The van der Waals surface area contributed by atoms with Crippen LogP contribution in [0.1, 0.15) is 19.8 Å². The minimum absolute atomic E-state index is 0.789. The van der Waals surface area contributed by atoms with Crippen LogP contribution in [0.2, 0.25) is 19.1 Å². The lowest BCUT2D eigenvalue weighted by atomic mass is 10.3. The van der Waals surface area contributed by atoms with Crippen LogP contribution >= 0.6 is 11.6 Å². The molecule has 3 nitrogen and oxygen atoms in total. The van der Waals surface area contributed by atoms with E-state index in [4.69, 9.17) is 16.0 Å². The van der Waals surface area contributed by atoms with Crippen LogP contribution in [-0.2, 0) is 4.43 Å². The molecule has 0 bridgehead atoms. The minimum atomic E-state index is -1.37. The van der Waals surface area contributed by atoms with Gasteiger partial charge in [0.05, 0.1) is 0 Å². The molecule has 0 spiro atoms. The van der Waals surface area contributed by atoms with Crippen LogP contribution in [0.5, 0.6) is 0 Å². The maximum absolute atomic E-state index is 5.88. The van der Waals surface area contributed by atoms with E-state index in [2.05, 4.69) is 29.8 Å². The van der Waals surface area contributed by atoms with Gasteiger partial charge in [-0.1, -0.05) is 0 Å². The van der Waals surface area contributed by atoms with Crippen LogP contribution in [0.25, 0.3) is 0 Å². The van der Waals surface area contributed by atoms with E-state index in [0.717, 1.165) is 18.9 Å². The second kappa shape index (κ2) is 9.35. The van der Waals surface area contributed by atoms with Gasteiger partial charge in [0.25, 0.3) is 0 Å². The van der Waals surface area contributed by atoms with Crippen molar-refractivity contribution < 1.29 is 4.43 Å². The fraction of sp³-hybridized carbons (Fsp3) is 1.00.